The molecule has 0 aliphatic rings. The van der Waals surface area contributed by atoms with Gasteiger partial charge in [-0.05, 0) is 24.6 Å². The minimum atomic E-state index is -1.10. The van der Waals surface area contributed by atoms with Gasteiger partial charge in [-0.2, -0.15) is 0 Å². The Morgan fingerprint density at radius 1 is 1.53 bits per heavy atom. The smallest absolute Gasteiger partial charge is 0.305 e. The van der Waals surface area contributed by atoms with Crippen LogP contribution in [0.5, 0.6) is 0 Å². The molecule has 92 valence electrons. The van der Waals surface area contributed by atoms with Crippen LogP contribution in [0, 0.1) is 6.92 Å². The number of aryl methyl sites for hydroxylation is 1. The summed E-state index contributed by atoms with van der Waals surface area (Å²) in [6.45, 7) is 1.84. The summed E-state index contributed by atoms with van der Waals surface area (Å²) in [5.41, 5.74) is 6.94. The van der Waals surface area contributed by atoms with Crippen molar-refractivity contribution < 1.29 is 14.7 Å². The molecule has 5 nitrogen and oxygen atoms in total. The molecule has 0 aliphatic carbocycles. The zero-order valence-corrected chi connectivity index (χ0v) is 10.8. The van der Waals surface area contributed by atoms with E-state index in [9.17, 15) is 9.59 Å². The predicted molar refractivity (Wildman–Crippen MR) is 67.7 cm³/mol. The Morgan fingerprint density at radius 3 is 2.76 bits per heavy atom. The average molecular weight is 301 g/mol. The van der Waals surface area contributed by atoms with Crippen LogP contribution in [0.15, 0.2) is 22.7 Å². The lowest BCUT2D eigenvalue weighted by atomic mass is 10.1. The number of halogens is 1. The van der Waals surface area contributed by atoms with Gasteiger partial charge in [0.1, 0.15) is 0 Å². The Hall–Kier alpha value is -1.40. The standard InChI is InChI=1S/C11H13BrN2O3/c1-6-2-3-7(12)4-9(6)14-11(17)8(13)5-10(15)16/h2-4,8H,5,13H2,1H3,(H,14,17)(H,15,16). The number of hydrogen-bond acceptors (Lipinski definition) is 3. The van der Waals surface area contributed by atoms with Crippen molar-refractivity contribution in [3.63, 3.8) is 0 Å². The number of amides is 1. The van der Waals surface area contributed by atoms with Crippen LogP contribution in [-0.4, -0.2) is 23.0 Å². The first-order valence-electron chi connectivity index (χ1n) is 4.94. The second-order valence-corrected chi connectivity index (χ2v) is 4.57. The van der Waals surface area contributed by atoms with E-state index < -0.39 is 17.9 Å². The van der Waals surface area contributed by atoms with Crippen molar-refractivity contribution in [3.8, 4) is 0 Å². The average Bonchev–Trinajstić information content (AvgIpc) is 2.22. The third-order valence-electron chi connectivity index (χ3n) is 2.19. The molecule has 1 unspecified atom stereocenters. The summed E-state index contributed by atoms with van der Waals surface area (Å²) in [5, 5.41) is 11.1. The molecule has 0 bridgehead atoms. The van der Waals surface area contributed by atoms with E-state index in [1.165, 1.54) is 0 Å². The van der Waals surface area contributed by atoms with Gasteiger partial charge in [-0.1, -0.05) is 22.0 Å². The zero-order valence-electron chi connectivity index (χ0n) is 9.24. The molecule has 0 saturated heterocycles. The van der Waals surface area contributed by atoms with E-state index in [4.69, 9.17) is 10.8 Å². The van der Waals surface area contributed by atoms with E-state index >= 15 is 0 Å². The summed E-state index contributed by atoms with van der Waals surface area (Å²) in [4.78, 5) is 22.0. The summed E-state index contributed by atoms with van der Waals surface area (Å²) in [5.74, 6) is -1.60. The van der Waals surface area contributed by atoms with Gasteiger partial charge in [-0.25, -0.2) is 0 Å². The summed E-state index contributed by atoms with van der Waals surface area (Å²) >= 11 is 3.29. The SMILES string of the molecule is Cc1ccc(Br)cc1NC(=O)C(N)CC(=O)O. The van der Waals surface area contributed by atoms with Gasteiger partial charge in [0.15, 0.2) is 0 Å². The molecule has 1 amide bonds. The van der Waals surface area contributed by atoms with Crippen LogP contribution < -0.4 is 11.1 Å². The number of nitrogens with one attached hydrogen (secondary N) is 1. The topological polar surface area (TPSA) is 92.4 Å². The quantitative estimate of drug-likeness (QED) is 0.785. The molecular weight excluding hydrogens is 288 g/mol. The Balaban J connectivity index is 2.73. The first-order chi connectivity index (χ1) is 7.90. The fraction of sp³-hybridized carbons (Fsp3) is 0.273. The van der Waals surface area contributed by atoms with Gasteiger partial charge in [-0.3, -0.25) is 9.59 Å². The summed E-state index contributed by atoms with van der Waals surface area (Å²) in [7, 11) is 0. The highest BCUT2D eigenvalue weighted by Crippen LogP contribution is 2.20. The van der Waals surface area contributed by atoms with Crippen molar-refractivity contribution >= 4 is 33.5 Å². The van der Waals surface area contributed by atoms with Crippen molar-refractivity contribution in [2.24, 2.45) is 5.73 Å². The highest BCUT2D eigenvalue weighted by Gasteiger charge is 2.17. The van der Waals surface area contributed by atoms with Crippen LogP contribution in [-0.2, 0) is 9.59 Å². The fourth-order valence-electron chi connectivity index (χ4n) is 1.24. The van der Waals surface area contributed by atoms with Gasteiger partial charge in [0, 0.05) is 10.2 Å². The van der Waals surface area contributed by atoms with E-state index in [1.807, 2.05) is 19.1 Å². The second kappa shape index (κ2) is 5.79. The van der Waals surface area contributed by atoms with Crippen LogP contribution >= 0.6 is 15.9 Å². The number of nitrogens with two attached hydrogens (primary N) is 1. The monoisotopic (exact) mass is 300 g/mol. The molecule has 1 aromatic rings. The van der Waals surface area contributed by atoms with Crippen molar-refractivity contribution in [3.05, 3.63) is 28.2 Å². The molecule has 0 heterocycles. The lowest BCUT2D eigenvalue weighted by molar-refractivity contribution is -0.138. The fourth-order valence-corrected chi connectivity index (χ4v) is 1.60. The number of carbonyl (C=O) groups is 2. The number of carbonyl (C=O) groups excluding carboxylic acids is 1. The van der Waals surface area contributed by atoms with Gasteiger partial charge in [0.25, 0.3) is 0 Å². The number of carboxylic acid groups (broad SMARTS) is 1. The summed E-state index contributed by atoms with van der Waals surface area (Å²) in [6.07, 6.45) is -0.390. The summed E-state index contributed by atoms with van der Waals surface area (Å²) < 4.78 is 0.824. The molecular formula is C11H13BrN2O3. The largest absolute Gasteiger partial charge is 0.481 e. The van der Waals surface area contributed by atoms with E-state index in [1.54, 1.807) is 6.07 Å². The molecule has 17 heavy (non-hydrogen) atoms. The lowest BCUT2D eigenvalue weighted by Gasteiger charge is -2.12. The van der Waals surface area contributed by atoms with Crippen molar-refractivity contribution in [2.75, 3.05) is 5.32 Å². The Bertz CT molecular complexity index is 448. The number of benzene rings is 1. The molecule has 1 aromatic carbocycles. The Morgan fingerprint density at radius 2 is 2.18 bits per heavy atom. The van der Waals surface area contributed by atoms with Gasteiger partial charge < -0.3 is 16.2 Å². The zero-order chi connectivity index (χ0) is 13.0. The Kier molecular flexibility index (Phi) is 4.65. The molecule has 0 aromatic heterocycles. The van der Waals surface area contributed by atoms with Gasteiger partial charge in [0.2, 0.25) is 5.91 Å². The van der Waals surface area contributed by atoms with E-state index in [0.717, 1.165) is 10.0 Å². The first kappa shape index (κ1) is 13.7. The van der Waals surface area contributed by atoms with Crippen LogP contribution in [0.3, 0.4) is 0 Å². The van der Waals surface area contributed by atoms with E-state index in [0.29, 0.717) is 5.69 Å². The van der Waals surface area contributed by atoms with Crippen LogP contribution in [0.2, 0.25) is 0 Å². The van der Waals surface area contributed by atoms with Crippen LogP contribution in [0.1, 0.15) is 12.0 Å². The number of rotatable bonds is 4. The second-order valence-electron chi connectivity index (χ2n) is 3.65. The van der Waals surface area contributed by atoms with Gasteiger partial charge in [-0.15, -0.1) is 0 Å². The molecule has 6 heteroatoms. The molecule has 0 saturated carbocycles. The third-order valence-corrected chi connectivity index (χ3v) is 2.68. The minimum absolute atomic E-state index is 0.390. The molecule has 0 fully saturated rings. The molecule has 4 N–H and O–H groups in total. The molecule has 1 rings (SSSR count). The number of hydrogen-bond donors (Lipinski definition) is 3. The number of anilines is 1. The van der Waals surface area contributed by atoms with E-state index in [2.05, 4.69) is 21.2 Å². The molecule has 0 spiro atoms. The van der Waals surface area contributed by atoms with Crippen molar-refractivity contribution in [2.45, 2.75) is 19.4 Å². The maximum atomic E-state index is 11.6. The number of aliphatic carboxylic acids is 1. The Labute approximate surface area is 107 Å². The van der Waals surface area contributed by atoms with Crippen LogP contribution in [0.25, 0.3) is 0 Å². The molecule has 0 radical (unpaired) electrons. The van der Waals surface area contributed by atoms with Gasteiger partial charge in [0.05, 0.1) is 12.5 Å². The van der Waals surface area contributed by atoms with Gasteiger partial charge >= 0.3 is 5.97 Å². The normalized spacial score (nSPS) is 11.9. The molecule has 1 atom stereocenters. The highest BCUT2D eigenvalue weighted by atomic mass is 79.9. The number of carboxylic acids is 1. The lowest BCUT2D eigenvalue weighted by Crippen LogP contribution is -2.37. The molecule has 0 aliphatic heterocycles. The van der Waals surface area contributed by atoms with Crippen LogP contribution in [0.4, 0.5) is 5.69 Å². The highest BCUT2D eigenvalue weighted by molar-refractivity contribution is 9.10. The maximum absolute atomic E-state index is 11.6. The van der Waals surface area contributed by atoms with Crippen molar-refractivity contribution in [1.29, 1.82) is 0 Å². The first-order valence-corrected chi connectivity index (χ1v) is 5.74. The third kappa shape index (κ3) is 4.16. The maximum Gasteiger partial charge on any atom is 0.305 e. The summed E-state index contributed by atoms with van der Waals surface area (Å²) in [6, 6.07) is 4.37. The predicted octanol–water partition coefficient (Wildman–Crippen LogP) is 1.50. The minimum Gasteiger partial charge on any atom is -0.481 e. The van der Waals surface area contributed by atoms with Crippen molar-refractivity contribution in [1.82, 2.24) is 0 Å². The van der Waals surface area contributed by atoms with E-state index in [-0.39, 0.29) is 6.42 Å².